The van der Waals surface area contributed by atoms with E-state index in [0.717, 1.165) is 12.2 Å². The summed E-state index contributed by atoms with van der Waals surface area (Å²) in [7, 11) is 3.82. The maximum atomic E-state index is 12.4. The van der Waals surface area contributed by atoms with Crippen LogP contribution in [-0.2, 0) is 0 Å². The van der Waals surface area contributed by atoms with Crippen LogP contribution in [0, 0.1) is 0 Å². The third-order valence-electron chi connectivity index (χ3n) is 3.59. The molecule has 1 atom stereocenters. The van der Waals surface area contributed by atoms with Gasteiger partial charge in [0, 0.05) is 33.1 Å². The van der Waals surface area contributed by atoms with E-state index < -0.39 is 0 Å². The largest absolute Gasteiger partial charge is 0.472 e. The van der Waals surface area contributed by atoms with Gasteiger partial charge in [-0.2, -0.15) is 0 Å². The highest BCUT2D eigenvalue weighted by molar-refractivity contribution is 7.17. The number of likely N-dealkylation sites (tertiary alicyclic amines) is 1. The van der Waals surface area contributed by atoms with Crippen LogP contribution < -0.4 is 9.64 Å². The van der Waals surface area contributed by atoms with Crippen LogP contribution in [0.15, 0.2) is 24.5 Å². The van der Waals surface area contributed by atoms with Crippen LogP contribution in [0.2, 0.25) is 4.34 Å². The Morgan fingerprint density at radius 2 is 2.26 bits per heavy atom. The van der Waals surface area contributed by atoms with Gasteiger partial charge in [-0.05, 0) is 12.1 Å². The first-order chi connectivity index (χ1) is 11.0. The fraction of sp³-hybridized carbons (Fsp3) is 0.400. The predicted octanol–water partition coefficient (Wildman–Crippen LogP) is 2.55. The number of anilines is 1. The van der Waals surface area contributed by atoms with Crippen molar-refractivity contribution in [3.8, 4) is 5.88 Å². The molecular formula is C15H17ClN4O2S. The molecule has 6 nitrogen and oxygen atoms in total. The third-order valence-corrected chi connectivity index (χ3v) is 4.81. The normalized spacial score (nSPS) is 17.3. The van der Waals surface area contributed by atoms with Gasteiger partial charge in [-0.3, -0.25) is 4.79 Å². The van der Waals surface area contributed by atoms with Gasteiger partial charge in [0.25, 0.3) is 5.91 Å². The second-order valence-electron chi connectivity index (χ2n) is 5.49. The first kappa shape index (κ1) is 16.0. The van der Waals surface area contributed by atoms with Gasteiger partial charge in [-0.15, -0.1) is 11.3 Å². The summed E-state index contributed by atoms with van der Waals surface area (Å²) in [6, 6.07) is 5.30. The van der Waals surface area contributed by atoms with Crippen molar-refractivity contribution in [2.24, 2.45) is 0 Å². The van der Waals surface area contributed by atoms with Crippen molar-refractivity contribution in [1.82, 2.24) is 14.9 Å². The van der Waals surface area contributed by atoms with Crippen LogP contribution >= 0.6 is 22.9 Å². The number of carbonyl (C=O) groups is 1. The van der Waals surface area contributed by atoms with Gasteiger partial charge in [-0.1, -0.05) is 11.6 Å². The third kappa shape index (κ3) is 3.73. The summed E-state index contributed by atoms with van der Waals surface area (Å²) in [5.74, 6) is 1.32. The van der Waals surface area contributed by atoms with Gasteiger partial charge in [-0.25, -0.2) is 9.97 Å². The van der Waals surface area contributed by atoms with Gasteiger partial charge in [0.1, 0.15) is 18.2 Å². The number of hydrogen-bond acceptors (Lipinski definition) is 6. The maximum Gasteiger partial charge on any atom is 0.264 e. The number of ether oxygens (including phenoxy) is 1. The smallest absolute Gasteiger partial charge is 0.264 e. The van der Waals surface area contributed by atoms with Crippen molar-refractivity contribution >= 4 is 34.7 Å². The Balaban J connectivity index is 1.62. The van der Waals surface area contributed by atoms with E-state index >= 15 is 0 Å². The lowest BCUT2D eigenvalue weighted by Crippen LogP contribution is -2.30. The number of carbonyl (C=O) groups excluding carboxylic acids is 1. The van der Waals surface area contributed by atoms with Crippen LogP contribution in [0.4, 0.5) is 5.82 Å². The molecule has 1 amide bonds. The zero-order valence-electron chi connectivity index (χ0n) is 12.9. The number of amides is 1. The molecule has 2 aromatic heterocycles. The molecule has 1 aliphatic heterocycles. The van der Waals surface area contributed by atoms with E-state index in [9.17, 15) is 4.79 Å². The fourth-order valence-electron chi connectivity index (χ4n) is 2.40. The number of thiophene rings is 1. The second-order valence-corrected chi connectivity index (χ2v) is 7.21. The molecule has 0 N–H and O–H groups in total. The van der Waals surface area contributed by atoms with Crippen LogP contribution in [-0.4, -0.2) is 54.1 Å². The topological polar surface area (TPSA) is 58.6 Å². The summed E-state index contributed by atoms with van der Waals surface area (Å²) in [6.07, 6.45) is 2.21. The molecule has 0 radical (unpaired) electrons. The highest BCUT2D eigenvalue weighted by Crippen LogP contribution is 2.25. The minimum absolute atomic E-state index is 0.00432. The summed E-state index contributed by atoms with van der Waals surface area (Å²) in [4.78, 5) is 25.0. The highest BCUT2D eigenvalue weighted by Gasteiger charge is 2.29. The van der Waals surface area contributed by atoms with Crippen LogP contribution in [0.3, 0.4) is 0 Å². The lowest BCUT2D eigenvalue weighted by Gasteiger charge is -2.17. The van der Waals surface area contributed by atoms with Crippen molar-refractivity contribution in [2.75, 3.05) is 32.1 Å². The van der Waals surface area contributed by atoms with Crippen LogP contribution in [0.1, 0.15) is 16.1 Å². The van der Waals surface area contributed by atoms with E-state index in [-0.39, 0.29) is 12.0 Å². The Labute approximate surface area is 143 Å². The Hall–Kier alpha value is -1.86. The Bertz CT molecular complexity index is 706. The van der Waals surface area contributed by atoms with E-state index in [4.69, 9.17) is 16.3 Å². The van der Waals surface area contributed by atoms with E-state index in [1.807, 2.05) is 19.0 Å². The predicted molar refractivity (Wildman–Crippen MR) is 90.6 cm³/mol. The molecule has 122 valence electrons. The van der Waals surface area contributed by atoms with E-state index in [1.54, 1.807) is 23.1 Å². The molecule has 3 rings (SSSR count). The molecule has 23 heavy (non-hydrogen) atoms. The number of aromatic nitrogens is 2. The number of halogens is 1. The minimum atomic E-state index is -0.0562. The summed E-state index contributed by atoms with van der Waals surface area (Å²) in [6.45, 7) is 1.22. The average Bonchev–Trinajstić information content (AvgIpc) is 3.16. The first-order valence-corrected chi connectivity index (χ1v) is 8.43. The van der Waals surface area contributed by atoms with Gasteiger partial charge in [0.15, 0.2) is 0 Å². The number of rotatable bonds is 4. The van der Waals surface area contributed by atoms with Gasteiger partial charge in [0.2, 0.25) is 5.88 Å². The summed E-state index contributed by atoms with van der Waals surface area (Å²) in [5, 5.41) is 0. The lowest BCUT2D eigenvalue weighted by atomic mass is 10.3. The zero-order chi connectivity index (χ0) is 16.4. The molecule has 0 aliphatic carbocycles. The monoisotopic (exact) mass is 352 g/mol. The van der Waals surface area contributed by atoms with Gasteiger partial charge >= 0.3 is 0 Å². The maximum absolute atomic E-state index is 12.4. The molecule has 0 spiro atoms. The van der Waals surface area contributed by atoms with E-state index in [2.05, 4.69) is 9.97 Å². The minimum Gasteiger partial charge on any atom is -0.472 e. The van der Waals surface area contributed by atoms with E-state index in [1.165, 1.54) is 17.7 Å². The molecular weight excluding hydrogens is 336 g/mol. The van der Waals surface area contributed by atoms with Crippen molar-refractivity contribution < 1.29 is 9.53 Å². The Morgan fingerprint density at radius 3 is 2.96 bits per heavy atom. The van der Waals surface area contributed by atoms with Gasteiger partial charge < -0.3 is 14.5 Å². The molecule has 0 saturated carbocycles. The van der Waals surface area contributed by atoms with Crippen molar-refractivity contribution in [3.05, 3.63) is 33.7 Å². The molecule has 2 aromatic rings. The summed E-state index contributed by atoms with van der Waals surface area (Å²) >= 11 is 7.19. The summed E-state index contributed by atoms with van der Waals surface area (Å²) in [5.41, 5.74) is 0. The number of hydrogen-bond donors (Lipinski definition) is 0. The summed E-state index contributed by atoms with van der Waals surface area (Å²) < 4.78 is 6.52. The molecule has 1 aliphatic rings. The van der Waals surface area contributed by atoms with Crippen LogP contribution in [0.25, 0.3) is 0 Å². The molecule has 0 aromatic carbocycles. The van der Waals surface area contributed by atoms with Crippen molar-refractivity contribution in [1.29, 1.82) is 0 Å². The molecule has 1 fully saturated rings. The zero-order valence-corrected chi connectivity index (χ0v) is 14.5. The molecule has 8 heteroatoms. The number of nitrogens with zero attached hydrogens (tertiary/aromatic N) is 4. The molecule has 0 bridgehead atoms. The average molecular weight is 353 g/mol. The standard InChI is InChI=1S/C15H17ClN4O2S/c1-19(2)13-7-14(18-9-17-13)22-10-5-6-20(8-10)15(21)11-3-4-12(16)23-11/h3-4,7,9-10H,5-6,8H2,1-2H3/t10-/m1/s1. The molecule has 0 unspecified atom stereocenters. The highest BCUT2D eigenvalue weighted by atomic mass is 35.5. The molecule has 1 saturated heterocycles. The Morgan fingerprint density at radius 1 is 1.43 bits per heavy atom. The van der Waals surface area contributed by atoms with Crippen LogP contribution in [0.5, 0.6) is 5.88 Å². The second kappa shape index (κ2) is 6.72. The molecule has 3 heterocycles. The Kier molecular flexibility index (Phi) is 4.68. The lowest BCUT2D eigenvalue weighted by molar-refractivity contribution is 0.0776. The van der Waals surface area contributed by atoms with Crippen molar-refractivity contribution in [3.63, 3.8) is 0 Å². The van der Waals surface area contributed by atoms with Gasteiger partial charge in [0.05, 0.1) is 15.8 Å². The van der Waals surface area contributed by atoms with E-state index in [0.29, 0.717) is 28.2 Å². The fourth-order valence-corrected chi connectivity index (χ4v) is 3.41. The van der Waals surface area contributed by atoms with Crippen molar-refractivity contribution in [2.45, 2.75) is 12.5 Å². The quantitative estimate of drug-likeness (QED) is 0.846. The first-order valence-electron chi connectivity index (χ1n) is 7.23. The SMILES string of the molecule is CN(C)c1cc(O[C@@H]2CCN(C(=O)c3ccc(Cl)s3)C2)ncn1.